The molecule has 6 heteroatoms. The summed E-state index contributed by atoms with van der Waals surface area (Å²) in [5, 5.41) is 0.999. The highest BCUT2D eigenvalue weighted by molar-refractivity contribution is 7.09. The summed E-state index contributed by atoms with van der Waals surface area (Å²) in [6.45, 7) is 5.17. The molecular formula is C19H19FN2O2S. The van der Waals surface area contributed by atoms with Crippen LogP contribution in [0.25, 0.3) is 10.8 Å². The first-order chi connectivity index (χ1) is 12.0. The number of carbonyl (C=O) groups excluding carboxylic acids is 1. The Balaban J connectivity index is 2.10. The SMILES string of the molecule is COCCn1c(C)c(C)sc1=NC(=O)c1ccc(F)c2ccccc12. The zero-order valence-electron chi connectivity index (χ0n) is 14.4. The van der Waals surface area contributed by atoms with Gasteiger partial charge in [0.1, 0.15) is 5.82 Å². The van der Waals surface area contributed by atoms with E-state index in [2.05, 4.69) is 4.99 Å². The highest BCUT2D eigenvalue weighted by Crippen LogP contribution is 2.22. The van der Waals surface area contributed by atoms with Crippen LogP contribution in [0.3, 0.4) is 0 Å². The Hall–Kier alpha value is -2.31. The first kappa shape index (κ1) is 17.5. The summed E-state index contributed by atoms with van der Waals surface area (Å²) in [5.74, 6) is -0.714. The third-order valence-corrected chi connectivity index (χ3v) is 5.30. The smallest absolute Gasteiger partial charge is 0.280 e. The second-order valence-electron chi connectivity index (χ2n) is 5.73. The monoisotopic (exact) mass is 358 g/mol. The molecule has 25 heavy (non-hydrogen) atoms. The van der Waals surface area contributed by atoms with Crippen molar-refractivity contribution in [3.05, 3.63) is 63.2 Å². The highest BCUT2D eigenvalue weighted by Gasteiger charge is 2.13. The standard InChI is InChI=1S/C19H19FN2O2S/c1-12-13(2)25-19(22(12)10-11-24-3)21-18(23)16-8-9-17(20)15-7-5-4-6-14(15)16/h4-9H,10-11H2,1-3H3. The summed E-state index contributed by atoms with van der Waals surface area (Å²) < 4.78 is 21.1. The molecule has 3 rings (SSSR count). The van der Waals surface area contributed by atoms with Crippen LogP contribution in [0.15, 0.2) is 41.4 Å². The summed E-state index contributed by atoms with van der Waals surface area (Å²) >= 11 is 1.47. The van der Waals surface area contributed by atoms with Crippen LogP contribution in [0.4, 0.5) is 4.39 Å². The lowest BCUT2D eigenvalue weighted by Gasteiger charge is -2.06. The van der Waals surface area contributed by atoms with E-state index in [4.69, 9.17) is 4.74 Å². The molecule has 0 fully saturated rings. The number of ether oxygens (including phenoxy) is 1. The molecule has 0 bridgehead atoms. The molecule has 2 aromatic carbocycles. The minimum absolute atomic E-state index is 0.342. The van der Waals surface area contributed by atoms with Gasteiger partial charge in [-0.25, -0.2) is 4.39 Å². The van der Waals surface area contributed by atoms with Crippen molar-refractivity contribution in [3.8, 4) is 0 Å². The molecular weight excluding hydrogens is 339 g/mol. The van der Waals surface area contributed by atoms with Gasteiger partial charge in [-0.3, -0.25) is 4.79 Å². The molecule has 3 aromatic rings. The summed E-state index contributed by atoms with van der Waals surface area (Å²) in [6.07, 6.45) is 0. The normalized spacial score (nSPS) is 12.1. The Labute approximate surface area is 149 Å². The molecule has 1 heterocycles. The van der Waals surface area contributed by atoms with Crippen LogP contribution >= 0.6 is 11.3 Å². The van der Waals surface area contributed by atoms with Crippen molar-refractivity contribution in [1.29, 1.82) is 0 Å². The van der Waals surface area contributed by atoms with Crippen LogP contribution in [-0.4, -0.2) is 24.2 Å². The number of methoxy groups -OCH3 is 1. The van der Waals surface area contributed by atoms with E-state index in [9.17, 15) is 9.18 Å². The molecule has 4 nitrogen and oxygen atoms in total. The summed E-state index contributed by atoms with van der Waals surface area (Å²) in [5.41, 5.74) is 1.47. The van der Waals surface area contributed by atoms with Crippen molar-refractivity contribution in [1.82, 2.24) is 4.57 Å². The average Bonchev–Trinajstić information content (AvgIpc) is 2.87. The molecule has 0 aliphatic carbocycles. The average molecular weight is 358 g/mol. The van der Waals surface area contributed by atoms with Crippen molar-refractivity contribution in [2.45, 2.75) is 20.4 Å². The molecule has 0 aliphatic rings. The van der Waals surface area contributed by atoms with Crippen molar-refractivity contribution in [2.75, 3.05) is 13.7 Å². The Kier molecular flexibility index (Phi) is 5.11. The van der Waals surface area contributed by atoms with Gasteiger partial charge in [0.15, 0.2) is 4.80 Å². The Morgan fingerprint density at radius 1 is 1.20 bits per heavy atom. The van der Waals surface area contributed by atoms with E-state index in [0.717, 1.165) is 10.6 Å². The lowest BCUT2D eigenvalue weighted by molar-refractivity contribution is 0.0998. The fourth-order valence-electron chi connectivity index (χ4n) is 2.72. The number of amides is 1. The van der Waals surface area contributed by atoms with Gasteiger partial charge >= 0.3 is 0 Å². The van der Waals surface area contributed by atoms with Crippen molar-refractivity contribution < 1.29 is 13.9 Å². The van der Waals surface area contributed by atoms with Gasteiger partial charge in [0.25, 0.3) is 5.91 Å². The first-order valence-corrected chi connectivity index (χ1v) is 8.76. The van der Waals surface area contributed by atoms with Crippen molar-refractivity contribution >= 4 is 28.0 Å². The number of hydrogen-bond acceptors (Lipinski definition) is 3. The Morgan fingerprint density at radius 2 is 1.92 bits per heavy atom. The molecule has 0 aliphatic heterocycles. The van der Waals surface area contributed by atoms with E-state index in [-0.39, 0.29) is 11.7 Å². The number of hydrogen-bond donors (Lipinski definition) is 0. The van der Waals surface area contributed by atoms with Gasteiger partial charge in [0, 0.05) is 35.2 Å². The lowest BCUT2D eigenvalue weighted by atomic mass is 10.0. The van der Waals surface area contributed by atoms with E-state index in [1.54, 1.807) is 31.4 Å². The summed E-state index contributed by atoms with van der Waals surface area (Å²) in [4.78, 5) is 18.8. The minimum atomic E-state index is -0.372. The van der Waals surface area contributed by atoms with Gasteiger partial charge in [-0.05, 0) is 31.4 Å². The number of rotatable bonds is 4. The molecule has 1 aromatic heterocycles. The number of thiazole rings is 1. The number of nitrogens with zero attached hydrogens (tertiary/aromatic N) is 2. The molecule has 1 amide bonds. The third-order valence-electron chi connectivity index (χ3n) is 4.21. The van der Waals surface area contributed by atoms with Gasteiger partial charge in [0.2, 0.25) is 0 Å². The quantitative estimate of drug-likeness (QED) is 0.711. The van der Waals surface area contributed by atoms with Gasteiger partial charge in [-0.2, -0.15) is 4.99 Å². The number of aryl methyl sites for hydroxylation is 1. The molecule has 130 valence electrons. The maximum atomic E-state index is 14.0. The minimum Gasteiger partial charge on any atom is -0.383 e. The first-order valence-electron chi connectivity index (χ1n) is 7.95. The van der Waals surface area contributed by atoms with E-state index in [1.807, 2.05) is 18.4 Å². The summed E-state index contributed by atoms with van der Waals surface area (Å²) in [6, 6.07) is 9.76. The largest absolute Gasteiger partial charge is 0.383 e. The van der Waals surface area contributed by atoms with Crippen LogP contribution in [-0.2, 0) is 11.3 Å². The number of halogens is 1. The topological polar surface area (TPSA) is 43.6 Å². The fraction of sp³-hybridized carbons (Fsp3) is 0.263. The second-order valence-corrected chi connectivity index (χ2v) is 6.91. The second kappa shape index (κ2) is 7.29. The highest BCUT2D eigenvalue weighted by atomic mass is 32.1. The van der Waals surface area contributed by atoms with Crippen LogP contribution in [0.5, 0.6) is 0 Å². The molecule has 0 saturated heterocycles. The van der Waals surface area contributed by atoms with Gasteiger partial charge in [-0.15, -0.1) is 11.3 Å². The number of aromatic nitrogens is 1. The number of benzene rings is 2. The molecule has 0 radical (unpaired) electrons. The third kappa shape index (κ3) is 3.41. The maximum absolute atomic E-state index is 14.0. The van der Waals surface area contributed by atoms with E-state index in [1.165, 1.54) is 23.5 Å². The lowest BCUT2D eigenvalue weighted by Crippen LogP contribution is -2.20. The molecule has 0 saturated carbocycles. The van der Waals surface area contributed by atoms with E-state index in [0.29, 0.717) is 34.3 Å². The van der Waals surface area contributed by atoms with Crippen molar-refractivity contribution in [2.24, 2.45) is 4.99 Å². The maximum Gasteiger partial charge on any atom is 0.280 e. The van der Waals surface area contributed by atoms with Crippen LogP contribution in [0.1, 0.15) is 20.9 Å². The van der Waals surface area contributed by atoms with Crippen molar-refractivity contribution in [3.63, 3.8) is 0 Å². The van der Waals surface area contributed by atoms with Gasteiger partial charge in [-0.1, -0.05) is 24.3 Å². The number of carbonyl (C=O) groups is 1. The molecule has 0 unspecified atom stereocenters. The fourth-order valence-corrected chi connectivity index (χ4v) is 3.72. The predicted octanol–water partition coefficient (Wildman–Crippen LogP) is 3.85. The van der Waals surface area contributed by atoms with E-state index < -0.39 is 0 Å². The summed E-state index contributed by atoms with van der Waals surface area (Å²) in [7, 11) is 1.64. The predicted molar refractivity (Wildman–Crippen MR) is 97.5 cm³/mol. The molecule has 0 atom stereocenters. The zero-order chi connectivity index (χ0) is 18.0. The van der Waals surface area contributed by atoms with Gasteiger partial charge < -0.3 is 9.30 Å². The van der Waals surface area contributed by atoms with Crippen LogP contribution in [0, 0.1) is 19.7 Å². The van der Waals surface area contributed by atoms with Gasteiger partial charge in [0.05, 0.1) is 6.61 Å². The zero-order valence-corrected chi connectivity index (χ0v) is 15.2. The van der Waals surface area contributed by atoms with Crippen LogP contribution < -0.4 is 4.80 Å². The van der Waals surface area contributed by atoms with Crippen LogP contribution in [0.2, 0.25) is 0 Å². The molecule has 0 N–H and O–H groups in total. The molecule has 0 spiro atoms. The van der Waals surface area contributed by atoms with E-state index >= 15 is 0 Å². The Morgan fingerprint density at radius 3 is 2.64 bits per heavy atom. The number of fused-ring (bicyclic) bond motifs is 1. The Bertz CT molecular complexity index is 1000.